The summed E-state index contributed by atoms with van der Waals surface area (Å²) in [5.74, 6) is 2.16. The molecule has 2 heterocycles. The van der Waals surface area contributed by atoms with Gasteiger partial charge in [-0.25, -0.2) is 0 Å². The fourth-order valence-corrected chi connectivity index (χ4v) is 3.32. The van der Waals surface area contributed by atoms with Crippen LogP contribution in [-0.2, 0) is 11.3 Å². The molecule has 1 aromatic rings. The summed E-state index contributed by atoms with van der Waals surface area (Å²) >= 11 is 0. The number of likely N-dealkylation sites (N-methyl/N-ethyl adjacent to an activating group) is 1. The number of amides is 1. The smallest absolute Gasteiger partial charge is 0.237 e. The number of methoxy groups -OCH3 is 1. The van der Waals surface area contributed by atoms with Crippen molar-refractivity contribution in [2.24, 2.45) is 5.73 Å². The number of benzene rings is 1. The maximum atomic E-state index is 12.1. The molecule has 132 valence electrons. The van der Waals surface area contributed by atoms with E-state index < -0.39 is 0 Å². The third kappa shape index (κ3) is 3.42. The standard InChI is InChI=1S/C17H25N3O4/c1-19-17(21)13-7-12(18)10-20(13)9-11-6-15-16(8-14(11)22-2)24-5-3-4-23-15/h6,8,12-13H,3-5,7,9-10,18H2,1-2H3,(H,19,21)/t12-,13+/m1/s1. The summed E-state index contributed by atoms with van der Waals surface area (Å²) in [5, 5.41) is 2.72. The van der Waals surface area contributed by atoms with E-state index in [9.17, 15) is 4.79 Å². The number of hydrogen-bond acceptors (Lipinski definition) is 6. The summed E-state index contributed by atoms with van der Waals surface area (Å²) in [7, 11) is 3.28. The lowest BCUT2D eigenvalue weighted by molar-refractivity contribution is -0.125. The number of nitrogens with zero attached hydrogens (tertiary/aromatic N) is 1. The van der Waals surface area contributed by atoms with Gasteiger partial charge in [0.2, 0.25) is 5.91 Å². The lowest BCUT2D eigenvalue weighted by atomic mass is 10.1. The third-order valence-electron chi connectivity index (χ3n) is 4.51. The molecule has 2 aliphatic rings. The van der Waals surface area contributed by atoms with Crippen molar-refractivity contribution < 1.29 is 19.0 Å². The highest BCUT2D eigenvalue weighted by molar-refractivity contribution is 5.81. The predicted molar refractivity (Wildman–Crippen MR) is 89.5 cm³/mol. The molecule has 7 heteroatoms. The van der Waals surface area contributed by atoms with Gasteiger partial charge in [0.1, 0.15) is 5.75 Å². The van der Waals surface area contributed by atoms with Crippen LogP contribution in [0.3, 0.4) is 0 Å². The van der Waals surface area contributed by atoms with Gasteiger partial charge in [0.15, 0.2) is 11.5 Å². The van der Waals surface area contributed by atoms with Gasteiger partial charge in [0.05, 0.1) is 26.4 Å². The fraction of sp³-hybridized carbons (Fsp3) is 0.588. The predicted octanol–water partition coefficient (Wildman–Crippen LogP) is 0.504. The average Bonchev–Trinajstić information content (AvgIpc) is 2.80. The van der Waals surface area contributed by atoms with Crippen LogP contribution in [0.4, 0.5) is 0 Å². The Morgan fingerprint density at radius 1 is 1.38 bits per heavy atom. The molecule has 0 bridgehead atoms. The average molecular weight is 335 g/mol. The number of fused-ring (bicyclic) bond motifs is 1. The molecule has 1 saturated heterocycles. The minimum absolute atomic E-state index is 0.00120. The molecule has 24 heavy (non-hydrogen) atoms. The van der Waals surface area contributed by atoms with E-state index in [0.29, 0.717) is 38.5 Å². The van der Waals surface area contributed by atoms with E-state index >= 15 is 0 Å². The maximum Gasteiger partial charge on any atom is 0.237 e. The van der Waals surface area contributed by atoms with Crippen molar-refractivity contribution in [1.82, 2.24) is 10.2 Å². The molecule has 2 aliphatic heterocycles. The third-order valence-corrected chi connectivity index (χ3v) is 4.51. The van der Waals surface area contributed by atoms with Crippen LogP contribution in [0.2, 0.25) is 0 Å². The van der Waals surface area contributed by atoms with Crippen molar-refractivity contribution in [3.63, 3.8) is 0 Å². The fourth-order valence-electron chi connectivity index (χ4n) is 3.32. The van der Waals surface area contributed by atoms with Crippen LogP contribution in [0.25, 0.3) is 0 Å². The van der Waals surface area contributed by atoms with Gasteiger partial charge in [-0.3, -0.25) is 9.69 Å². The van der Waals surface area contributed by atoms with Gasteiger partial charge in [-0.15, -0.1) is 0 Å². The van der Waals surface area contributed by atoms with E-state index in [0.717, 1.165) is 23.5 Å². The van der Waals surface area contributed by atoms with Crippen molar-refractivity contribution in [2.45, 2.75) is 31.5 Å². The van der Waals surface area contributed by atoms with Crippen molar-refractivity contribution in [1.29, 1.82) is 0 Å². The zero-order valence-corrected chi connectivity index (χ0v) is 14.2. The Morgan fingerprint density at radius 2 is 2.08 bits per heavy atom. The van der Waals surface area contributed by atoms with Crippen LogP contribution in [0.15, 0.2) is 12.1 Å². The molecule has 7 nitrogen and oxygen atoms in total. The summed E-state index contributed by atoms with van der Waals surface area (Å²) in [6.45, 7) is 2.52. The van der Waals surface area contributed by atoms with Crippen molar-refractivity contribution in [2.75, 3.05) is 33.9 Å². The van der Waals surface area contributed by atoms with Gasteiger partial charge < -0.3 is 25.3 Å². The quantitative estimate of drug-likeness (QED) is 0.834. The summed E-state index contributed by atoms with van der Waals surface area (Å²) in [5.41, 5.74) is 7.03. The molecule has 1 fully saturated rings. The summed E-state index contributed by atoms with van der Waals surface area (Å²) in [6.07, 6.45) is 1.51. The number of carbonyl (C=O) groups is 1. The van der Waals surface area contributed by atoms with Crippen molar-refractivity contribution >= 4 is 5.91 Å². The van der Waals surface area contributed by atoms with Gasteiger partial charge in [0, 0.05) is 44.2 Å². The van der Waals surface area contributed by atoms with E-state index in [4.69, 9.17) is 19.9 Å². The number of hydrogen-bond donors (Lipinski definition) is 2. The van der Waals surface area contributed by atoms with Crippen LogP contribution in [-0.4, -0.2) is 56.8 Å². The van der Waals surface area contributed by atoms with Crippen LogP contribution in [0.1, 0.15) is 18.4 Å². The SMILES string of the molecule is CNC(=O)[C@@H]1C[C@@H](N)CN1Cc1cc2c(cc1OC)OCCCO2. The minimum atomic E-state index is -0.217. The first-order chi connectivity index (χ1) is 11.6. The first-order valence-electron chi connectivity index (χ1n) is 8.30. The number of nitrogens with one attached hydrogen (secondary N) is 1. The van der Waals surface area contributed by atoms with Gasteiger partial charge in [0.25, 0.3) is 0 Å². The van der Waals surface area contributed by atoms with Crippen LogP contribution in [0, 0.1) is 0 Å². The second kappa shape index (κ2) is 7.27. The molecule has 0 aromatic heterocycles. The molecule has 2 atom stereocenters. The van der Waals surface area contributed by atoms with Crippen molar-refractivity contribution in [3.8, 4) is 17.2 Å². The highest BCUT2D eigenvalue weighted by Crippen LogP contribution is 2.37. The largest absolute Gasteiger partial charge is 0.496 e. The number of ether oxygens (including phenoxy) is 3. The second-order valence-electron chi connectivity index (χ2n) is 6.22. The van der Waals surface area contributed by atoms with Gasteiger partial charge in [-0.05, 0) is 12.5 Å². The Hall–Kier alpha value is -1.99. The highest BCUT2D eigenvalue weighted by Gasteiger charge is 2.35. The van der Waals surface area contributed by atoms with Crippen LogP contribution < -0.4 is 25.3 Å². The molecular weight excluding hydrogens is 310 g/mol. The second-order valence-corrected chi connectivity index (χ2v) is 6.22. The monoisotopic (exact) mass is 335 g/mol. The number of rotatable bonds is 4. The van der Waals surface area contributed by atoms with E-state index in [1.165, 1.54) is 0 Å². The van der Waals surface area contributed by atoms with Crippen LogP contribution >= 0.6 is 0 Å². The molecular formula is C17H25N3O4. The molecule has 0 unspecified atom stereocenters. The van der Waals surface area contributed by atoms with Crippen molar-refractivity contribution in [3.05, 3.63) is 17.7 Å². The number of nitrogens with two attached hydrogens (primary N) is 1. The summed E-state index contributed by atoms with van der Waals surface area (Å²) in [6, 6.07) is 3.59. The zero-order valence-electron chi connectivity index (χ0n) is 14.2. The first kappa shape index (κ1) is 16.9. The normalized spacial score (nSPS) is 23.6. The van der Waals surface area contributed by atoms with E-state index in [2.05, 4.69) is 10.2 Å². The maximum absolute atomic E-state index is 12.1. The topological polar surface area (TPSA) is 86.1 Å². The number of likely N-dealkylation sites (tertiary alicyclic amines) is 1. The summed E-state index contributed by atoms with van der Waals surface area (Å²) < 4.78 is 17.0. The van der Waals surface area contributed by atoms with Gasteiger partial charge >= 0.3 is 0 Å². The highest BCUT2D eigenvalue weighted by atomic mass is 16.5. The first-order valence-corrected chi connectivity index (χ1v) is 8.30. The zero-order chi connectivity index (χ0) is 17.1. The molecule has 3 rings (SSSR count). The Morgan fingerprint density at radius 3 is 2.75 bits per heavy atom. The Labute approximate surface area is 142 Å². The Balaban J connectivity index is 1.85. The van der Waals surface area contributed by atoms with E-state index in [1.54, 1.807) is 14.2 Å². The molecule has 0 aliphatic carbocycles. The van der Waals surface area contributed by atoms with E-state index in [1.807, 2.05) is 12.1 Å². The summed E-state index contributed by atoms with van der Waals surface area (Å²) in [4.78, 5) is 14.2. The molecule has 1 aromatic carbocycles. The van der Waals surface area contributed by atoms with Gasteiger partial charge in [-0.2, -0.15) is 0 Å². The lowest BCUT2D eigenvalue weighted by Crippen LogP contribution is -2.41. The Kier molecular flexibility index (Phi) is 5.11. The van der Waals surface area contributed by atoms with Crippen LogP contribution in [0.5, 0.6) is 17.2 Å². The molecule has 0 spiro atoms. The molecule has 0 radical (unpaired) electrons. The molecule has 3 N–H and O–H groups in total. The molecule has 0 saturated carbocycles. The minimum Gasteiger partial charge on any atom is -0.496 e. The number of carbonyl (C=O) groups excluding carboxylic acids is 1. The van der Waals surface area contributed by atoms with E-state index in [-0.39, 0.29) is 18.0 Å². The molecule has 1 amide bonds. The Bertz CT molecular complexity index is 608. The lowest BCUT2D eigenvalue weighted by Gasteiger charge is -2.24. The van der Waals surface area contributed by atoms with Gasteiger partial charge in [-0.1, -0.05) is 0 Å².